The number of rotatable bonds is 28. The zero-order chi connectivity index (χ0) is 28.4. The van der Waals surface area contributed by atoms with Gasteiger partial charge in [-0.05, 0) is 12.8 Å². The lowest BCUT2D eigenvalue weighted by Gasteiger charge is -2.12. The monoisotopic (exact) mass is 551 g/mol. The summed E-state index contributed by atoms with van der Waals surface area (Å²) in [7, 11) is 0. The molecule has 1 saturated heterocycles. The fourth-order valence-corrected chi connectivity index (χ4v) is 5.24. The van der Waals surface area contributed by atoms with Crippen molar-refractivity contribution in [2.45, 2.75) is 180 Å². The van der Waals surface area contributed by atoms with Gasteiger partial charge in [0.15, 0.2) is 0 Å². The molecule has 2 amide bonds. The van der Waals surface area contributed by atoms with Crippen molar-refractivity contribution in [3.05, 3.63) is 0 Å². The first kappa shape index (κ1) is 35.1. The number of hydrogen-bond donors (Lipinski definition) is 1. The van der Waals surface area contributed by atoms with Crippen molar-refractivity contribution in [1.29, 1.82) is 0 Å². The summed E-state index contributed by atoms with van der Waals surface area (Å²) in [5, 5.41) is 9.25. The first-order chi connectivity index (χ1) is 19.0. The van der Waals surface area contributed by atoms with Crippen molar-refractivity contribution in [2.75, 3.05) is 0 Å². The third-order valence-corrected chi connectivity index (χ3v) is 7.72. The van der Waals surface area contributed by atoms with Crippen LogP contribution in [0.25, 0.3) is 0 Å². The largest absolute Gasteiger partial charge is 0.481 e. The maximum absolute atomic E-state index is 11.8. The quantitative estimate of drug-likeness (QED) is 0.0770. The predicted octanol–water partition coefficient (Wildman–Crippen LogP) is 8.82. The Morgan fingerprint density at radius 1 is 0.487 bits per heavy atom. The molecule has 1 N–H and O–H groups in total. The van der Waals surface area contributed by atoms with E-state index in [1.165, 1.54) is 122 Å². The van der Waals surface area contributed by atoms with Crippen LogP contribution in [0.1, 0.15) is 180 Å². The number of hydroxylamine groups is 2. The van der Waals surface area contributed by atoms with Crippen molar-refractivity contribution < 1.29 is 29.1 Å². The molecule has 39 heavy (non-hydrogen) atoms. The lowest BCUT2D eigenvalue weighted by molar-refractivity contribution is -0.197. The van der Waals surface area contributed by atoms with Crippen LogP contribution in [0.4, 0.5) is 0 Å². The van der Waals surface area contributed by atoms with Gasteiger partial charge in [0.05, 0.1) is 0 Å². The number of imide groups is 1. The summed E-state index contributed by atoms with van der Waals surface area (Å²) in [5.74, 6) is -1.99. The van der Waals surface area contributed by atoms with Crippen molar-refractivity contribution in [3.8, 4) is 0 Å². The topological polar surface area (TPSA) is 101 Å². The highest BCUT2D eigenvalue weighted by Gasteiger charge is 2.32. The highest BCUT2D eigenvalue weighted by Crippen LogP contribution is 2.17. The predicted molar refractivity (Wildman–Crippen MR) is 155 cm³/mol. The maximum atomic E-state index is 11.8. The van der Waals surface area contributed by atoms with Gasteiger partial charge in [0.1, 0.15) is 0 Å². The van der Waals surface area contributed by atoms with Crippen molar-refractivity contribution in [2.24, 2.45) is 0 Å². The Labute approximate surface area is 237 Å². The van der Waals surface area contributed by atoms with Crippen LogP contribution in [0, 0.1) is 0 Å². The lowest BCUT2D eigenvalue weighted by Crippen LogP contribution is -2.31. The molecule has 0 aliphatic carbocycles. The average molecular weight is 552 g/mol. The van der Waals surface area contributed by atoms with E-state index >= 15 is 0 Å². The van der Waals surface area contributed by atoms with Gasteiger partial charge in [-0.15, -0.1) is 5.06 Å². The molecule has 7 heteroatoms. The molecular weight excluding hydrogens is 494 g/mol. The minimum absolute atomic E-state index is 0.136. The third-order valence-electron chi connectivity index (χ3n) is 7.72. The van der Waals surface area contributed by atoms with Gasteiger partial charge in [-0.1, -0.05) is 141 Å². The normalized spacial score (nSPS) is 13.4. The van der Waals surface area contributed by atoms with Crippen LogP contribution in [0.5, 0.6) is 0 Å². The molecule has 1 rings (SSSR count). The standard InChI is InChI=1S/C32H57NO6/c34-29-27-28-30(35)33(29)39-32(38)26-24-22-20-18-16-14-12-10-8-6-4-2-1-3-5-7-9-11-13-15-17-19-21-23-25-31(36)37/h1-28H2,(H,36,37). The second kappa shape index (κ2) is 25.1. The summed E-state index contributed by atoms with van der Waals surface area (Å²) in [6, 6.07) is 0. The number of carboxylic acid groups (broad SMARTS) is 1. The van der Waals surface area contributed by atoms with E-state index in [4.69, 9.17) is 9.94 Å². The van der Waals surface area contributed by atoms with E-state index < -0.39 is 23.8 Å². The molecule has 0 bridgehead atoms. The summed E-state index contributed by atoms with van der Waals surface area (Å²) < 4.78 is 0. The van der Waals surface area contributed by atoms with Crippen molar-refractivity contribution in [1.82, 2.24) is 5.06 Å². The third kappa shape index (κ3) is 21.6. The number of hydrogen-bond acceptors (Lipinski definition) is 5. The molecule has 0 spiro atoms. The highest BCUT2D eigenvalue weighted by molar-refractivity contribution is 6.01. The number of carbonyl (C=O) groups excluding carboxylic acids is 3. The molecule has 226 valence electrons. The fourth-order valence-electron chi connectivity index (χ4n) is 5.24. The number of unbranched alkanes of at least 4 members (excludes halogenated alkanes) is 23. The van der Waals surface area contributed by atoms with Crippen LogP contribution in [0.3, 0.4) is 0 Å². The van der Waals surface area contributed by atoms with E-state index in [1.54, 1.807) is 0 Å². The van der Waals surface area contributed by atoms with Gasteiger partial charge in [0, 0.05) is 25.7 Å². The molecule has 0 aromatic heterocycles. The molecule has 0 aromatic carbocycles. The van der Waals surface area contributed by atoms with Gasteiger partial charge < -0.3 is 9.94 Å². The zero-order valence-electron chi connectivity index (χ0n) is 24.7. The average Bonchev–Trinajstić information content (AvgIpc) is 3.22. The molecule has 1 aliphatic rings. The molecule has 7 nitrogen and oxygen atoms in total. The first-order valence-corrected chi connectivity index (χ1v) is 16.3. The van der Waals surface area contributed by atoms with Crippen LogP contribution in [0.2, 0.25) is 0 Å². The van der Waals surface area contributed by atoms with Crippen molar-refractivity contribution in [3.63, 3.8) is 0 Å². The van der Waals surface area contributed by atoms with E-state index in [1.807, 2.05) is 0 Å². The molecule has 0 radical (unpaired) electrons. The molecule has 0 saturated carbocycles. The maximum Gasteiger partial charge on any atom is 0.333 e. The molecule has 1 fully saturated rings. The number of carboxylic acids is 1. The fraction of sp³-hybridized carbons (Fsp3) is 0.875. The van der Waals surface area contributed by atoms with Gasteiger partial charge in [-0.25, -0.2) is 4.79 Å². The molecule has 1 aliphatic heterocycles. The minimum atomic E-state index is -0.668. The van der Waals surface area contributed by atoms with Crippen LogP contribution in [-0.2, 0) is 24.0 Å². The highest BCUT2D eigenvalue weighted by atomic mass is 16.7. The SMILES string of the molecule is O=C(O)CCCCCCCCCCCCCCCCCCCCCCCCCCC(=O)ON1C(=O)CCC1=O. The number of aliphatic carboxylic acids is 1. The molecule has 1 heterocycles. The number of amides is 2. The summed E-state index contributed by atoms with van der Waals surface area (Å²) in [4.78, 5) is 50.0. The lowest BCUT2D eigenvalue weighted by atomic mass is 10.0. The Morgan fingerprint density at radius 2 is 0.744 bits per heavy atom. The van der Waals surface area contributed by atoms with Gasteiger partial charge in [-0.3, -0.25) is 14.4 Å². The second-order valence-corrected chi connectivity index (χ2v) is 11.4. The van der Waals surface area contributed by atoms with Gasteiger partial charge in [-0.2, -0.15) is 0 Å². The summed E-state index contributed by atoms with van der Waals surface area (Å²) in [6.45, 7) is 0. The summed E-state index contributed by atoms with van der Waals surface area (Å²) in [6.07, 6.45) is 30.9. The van der Waals surface area contributed by atoms with E-state index in [9.17, 15) is 19.2 Å². The van der Waals surface area contributed by atoms with E-state index in [2.05, 4.69) is 0 Å². The first-order valence-electron chi connectivity index (χ1n) is 16.3. The molecule has 0 aromatic rings. The van der Waals surface area contributed by atoms with Gasteiger partial charge in [0.2, 0.25) is 0 Å². The molecular formula is C32H57NO6. The smallest absolute Gasteiger partial charge is 0.333 e. The van der Waals surface area contributed by atoms with Crippen LogP contribution >= 0.6 is 0 Å². The van der Waals surface area contributed by atoms with Crippen LogP contribution < -0.4 is 0 Å². The Bertz CT molecular complexity index is 649. The number of nitrogens with zero attached hydrogens (tertiary/aromatic N) is 1. The minimum Gasteiger partial charge on any atom is -0.481 e. The van der Waals surface area contributed by atoms with E-state index in [-0.39, 0.29) is 19.3 Å². The summed E-state index contributed by atoms with van der Waals surface area (Å²) in [5.41, 5.74) is 0. The van der Waals surface area contributed by atoms with Crippen LogP contribution in [-0.4, -0.2) is 33.9 Å². The Morgan fingerprint density at radius 3 is 1.03 bits per heavy atom. The van der Waals surface area contributed by atoms with E-state index in [0.717, 1.165) is 32.1 Å². The number of carbonyl (C=O) groups is 4. The Kier molecular flexibility index (Phi) is 22.6. The Hall–Kier alpha value is -1.92. The summed E-state index contributed by atoms with van der Waals surface area (Å²) >= 11 is 0. The second-order valence-electron chi connectivity index (χ2n) is 11.4. The molecule has 0 unspecified atom stereocenters. The molecule has 0 atom stereocenters. The van der Waals surface area contributed by atoms with Crippen molar-refractivity contribution >= 4 is 23.8 Å². The van der Waals surface area contributed by atoms with Gasteiger partial charge >= 0.3 is 11.9 Å². The van der Waals surface area contributed by atoms with Gasteiger partial charge in [0.25, 0.3) is 11.8 Å². The Balaban J connectivity index is 1.69. The van der Waals surface area contributed by atoms with E-state index in [0.29, 0.717) is 11.5 Å². The zero-order valence-corrected chi connectivity index (χ0v) is 24.7. The van der Waals surface area contributed by atoms with Crippen LogP contribution in [0.15, 0.2) is 0 Å².